The van der Waals surface area contributed by atoms with Crippen molar-refractivity contribution in [1.29, 1.82) is 0 Å². The fourth-order valence-electron chi connectivity index (χ4n) is 2.73. The Kier molecular flexibility index (Phi) is 5.71. The van der Waals surface area contributed by atoms with Crippen molar-refractivity contribution in [1.82, 2.24) is 9.88 Å². The van der Waals surface area contributed by atoms with Crippen LogP contribution in [0.15, 0.2) is 41.3 Å². The van der Waals surface area contributed by atoms with Crippen molar-refractivity contribution in [2.75, 3.05) is 18.9 Å². The number of aromatic nitrogens is 1. The largest absolute Gasteiger partial charge is 0.301 e. The molecule has 126 valence electrons. The van der Waals surface area contributed by atoms with E-state index in [2.05, 4.69) is 46.9 Å². The minimum absolute atomic E-state index is 0.0323. The third kappa shape index (κ3) is 4.47. The molecule has 0 fully saturated rings. The van der Waals surface area contributed by atoms with Gasteiger partial charge in [0.25, 0.3) is 0 Å². The average molecular weight is 360 g/mol. The molecular weight excluding hydrogens is 338 g/mol. The molecule has 1 aromatic heterocycles. The number of amides is 1. The van der Waals surface area contributed by atoms with Gasteiger partial charge in [0.05, 0.1) is 6.54 Å². The molecule has 1 aromatic carbocycles. The summed E-state index contributed by atoms with van der Waals surface area (Å²) >= 11 is 3.31. The molecule has 0 spiro atoms. The second-order valence-electron chi connectivity index (χ2n) is 5.98. The third-order valence-corrected chi connectivity index (χ3v) is 5.79. The summed E-state index contributed by atoms with van der Waals surface area (Å²) in [5.74, 6) is -0.0323. The predicted octanol–water partition coefficient (Wildman–Crippen LogP) is 4.21. The van der Waals surface area contributed by atoms with Gasteiger partial charge in [-0.15, -0.1) is 23.1 Å². The summed E-state index contributed by atoms with van der Waals surface area (Å²) in [5, 5.41) is 8.05. The molecule has 2 aromatic rings. The number of anilines is 1. The number of rotatable bonds is 6. The van der Waals surface area contributed by atoms with Gasteiger partial charge in [-0.2, -0.15) is 0 Å². The fraction of sp³-hybridized carbons (Fsp3) is 0.333. The summed E-state index contributed by atoms with van der Waals surface area (Å²) in [6, 6.07) is 6.69. The zero-order chi connectivity index (χ0) is 16.9. The lowest BCUT2D eigenvalue weighted by atomic mass is 10.0. The summed E-state index contributed by atoms with van der Waals surface area (Å²) < 4.78 is 0. The quantitative estimate of drug-likeness (QED) is 0.839. The van der Waals surface area contributed by atoms with Gasteiger partial charge in [0.2, 0.25) is 5.91 Å². The molecule has 3 rings (SSSR count). The number of carbonyl (C=O) groups excluding carboxylic acids is 1. The Bertz CT molecular complexity index is 720. The SMILES string of the molecule is Cc1cc(C2CC=CS2)ccc1CN(C)CC(=O)Nc1nccs1. The lowest BCUT2D eigenvalue weighted by Gasteiger charge is -2.18. The van der Waals surface area contributed by atoms with Gasteiger partial charge in [-0.3, -0.25) is 9.69 Å². The standard InChI is InChI=1S/C18H21N3OS2/c1-13-10-14(16-4-3-8-23-16)5-6-15(13)11-21(2)12-17(22)20-18-19-7-9-24-18/h3,5-10,16H,4,11-12H2,1-2H3,(H,19,20,22). The monoisotopic (exact) mass is 359 g/mol. The Morgan fingerprint density at radius 1 is 1.46 bits per heavy atom. The number of thiazole rings is 1. The van der Waals surface area contributed by atoms with Crippen LogP contribution >= 0.6 is 23.1 Å². The molecule has 1 aliphatic heterocycles. The summed E-state index contributed by atoms with van der Waals surface area (Å²) in [6.45, 7) is 3.26. The number of nitrogens with zero attached hydrogens (tertiary/aromatic N) is 2. The topological polar surface area (TPSA) is 45.2 Å². The third-order valence-electron chi connectivity index (χ3n) is 3.96. The number of hydrogen-bond acceptors (Lipinski definition) is 5. The first-order chi connectivity index (χ1) is 11.6. The van der Waals surface area contributed by atoms with Crippen LogP contribution in [0.4, 0.5) is 5.13 Å². The minimum atomic E-state index is -0.0323. The number of thioether (sulfide) groups is 1. The molecule has 0 saturated heterocycles. The maximum Gasteiger partial charge on any atom is 0.240 e. The van der Waals surface area contributed by atoms with Crippen molar-refractivity contribution >= 4 is 34.1 Å². The summed E-state index contributed by atoms with van der Waals surface area (Å²) in [5.41, 5.74) is 3.93. The van der Waals surface area contributed by atoms with Gasteiger partial charge in [-0.1, -0.05) is 24.3 Å². The van der Waals surface area contributed by atoms with Crippen LogP contribution in [0.25, 0.3) is 0 Å². The second-order valence-corrected chi connectivity index (χ2v) is 7.98. The van der Waals surface area contributed by atoms with Crippen LogP contribution in [0, 0.1) is 6.92 Å². The predicted molar refractivity (Wildman–Crippen MR) is 102 cm³/mol. The van der Waals surface area contributed by atoms with E-state index in [0.717, 1.165) is 13.0 Å². The van der Waals surface area contributed by atoms with Gasteiger partial charge in [0.1, 0.15) is 0 Å². The van der Waals surface area contributed by atoms with Crippen molar-refractivity contribution in [2.24, 2.45) is 0 Å². The minimum Gasteiger partial charge on any atom is -0.301 e. The molecule has 1 unspecified atom stereocenters. The number of carbonyl (C=O) groups is 1. The maximum atomic E-state index is 12.0. The lowest BCUT2D eigenvalue weighted by molar-refractivity contribution is -0.117. The molecule has 0 bridgehead atoms. The molecule has 1 N–H and O–H groups in total. The molecule has 4 nitrogen and oxygen atoms in total. The molecule has 2 heterocycles. The second kappa shape index (κ2) is 7.96. The van der Waals surface area contributed by atoms with Crippen LogP contribution in [0.1, 0.15) is 28.4 Å². The van der Waals surface area contributed by atoms with Gasteiger partial charge < -0.3 is 5.32 Å². The van der Waals surface area contributed by atoms with Crippen LogP contribution in [0.5, 0.6) is 0 Å². The Labute approximate surface area is 151 Å². The maximum absolute atomic E-state index is 12.0. The van der Waals surface area contributed by atoms with Crippen LogP contribution in [-0.2, 0) is 11.3 Å². The van der Waals surface area contributed by atoms with E-state index in [1.165, 1.54) is 28.0 Å². The lowest BCUT2D eigenvalue weighted by Crippen LogP contribution is -2.30. The first-order valence-corrected chi connectivity index (χ1v) is 9.72. The molecular formula is C18H21N3OS2. The van der Waals surface area contributed by atoms with Gasteiger partial charge in [0, 0.05) is 23.4 Å². The van der Waals surface area contributed by atoms with Crippen molar-refractivity contribution < 1.29 is 4.79 Å². The molecule has 1 atom stereocenters. The number of aryl methyl sites for hydroxylation is 1. The summed E-state index contributed by atoms with van der Waals surface area (Å²) in [6.07, 6.45) is 5.03. The highest BCUT2D eigenvalue weighted by Crippen LogP contribution is 2.38. The van der Waals surface area contributed by atoms with E-state index in [1.807, 2.05) is 29.1 Å². The first-order valence-electron chi connectivity index (χ1n) is 7.89. The van der Waals surface area contributed by atoms with Crippen molar-refractivity contribution in [3.8, 4) is 0 Å². The zero-order valence-electron chi connectivity index (χ0n) is 13.9. The molecule has 0 saturated carbocycles. The number of hydrogen-bond donors (Lipinski definition) is 1. The molecule has 24 heavy (non-hydrogen) atoms. The molecule has 1 aliphatic rings. The van der Waals surface area contributed by atoms with Gasteiger partial charge >= 0.3 is 0 Å². The highest BCUT2D eigenvalue weighted by Gasteiger charge is 2.15. The van der Waals surface area contributed by atoms with E-state index in [0.29, 0.717) is 16.9 Å². The first kappa shape index (κ1) is 17.2. The number of allylic oxidation sites excluding steroid dienone is 1. The van der Waals surface area contributed by atoms with Crippen molar-refractivity contribution in [3.05, 3.63) is 58.0 Å². The highest BCUT2D eigenvalue weighted by molar-refractivity contribution is 8.02. The molecule has 0 aliphatic carbocycles. The Hall–Kier alpha value is -1.63. The Balaban J connectivity index is 1.55. The van der Waals surface area contributed by atoms with Gasteiger partial charge in [-0.25, -0.2) is 4.98 Å². The van der Waals surface area contributed by atoms with E-state index in [9.17, 15) is 4.79 Å². The van der Waals surface area contributed by atoms with Crippen LogP contribution in [-0.4, -0.2) is 29.4 Å². The Morgan fingerprint density at radius 3 is 3.00 bits per heavy atom. The summed E-state index contributed by atoms with van der Waals surface area (Å²) in [7, 11) is 1.96. The molecule has 6 heteroatoms. The highest BCUT2D eigenvalue weighted by atomic mass is 32.2. The average Bonchev–Trinajstić information content (AvgIpc) is 3.22. The van der Waals surface area contributed by atoms with E-state index < -0.39 is 0 Å². The van der Waals surface area contributed by atoms with Crippen molar-refractivity contribution in [2.45, 2.75) is 25.1 Å². The van der Waals surface area contributed by atoms with E-state index in [4.69, 9.17) is 0 Å². The molecule has 1 amide bonds. The van der Waals surface area contributed by atoms with Gasteiger partial charge in [-0.05, 0) is 42.5 Å². The number of benzene rings is 1. The number of likely N-dealkylation sites (N-methyl/N-ethyl adjacent to an activating group) is 1. The Morgan fingerprint density at radius 2 is 2.33 bits per heavy atom. The zero-order valence-corrected chi connectivity index (χ0v) is 15.5. The van der Waals surface area contributed by atoms with E-state index >= 15 is 0 Å². The van der Waals surface area contributed by atoms with Crippen LogP contribution in [0.2, 0.25) is 0 Å². The van der Waals surface area contributed by atoms with Gasteiger partial charge in [0.15, 0.2) is 5.13 Å². The van der Waals surface area contributed by atoms with E-state index in [1.54, 1.807) is 6.20 Å². The molecule has 0 radical (unpaired) electrons. The smallest absolute Gasteiger partial charge is 0.240 e. The summed E-state index contributed by atoms with van der Waals surface area (Å²) in [4.78, 5) is 18.1. The number of nitrogens with one attached hydrogen (secondary N) is 1. The fourth-order valence-corrected chi connectivity index (χ4v) is 4.22. The van der Waals surface area contributed by atoms with E-state index in [-0.39, 0.29) is 5.91 Å². The van der Waals surface area contributed by atoms with Crippen molar-refractivity contribution in [3.63, 3.8) is 0 Å². The van der Waals surface area contributed by atoms with Crippen LogP contribution < -0.4 is 5.32 Å². The van der Waals surface area contributed by atoms with Crippen LogP contribution in [0.3, 0.4) is 0 Å². The normalized spacial score (nSPS) is 16.7.